The average molecular weight is 336 g/mol. The molecule has 2 aromatic heterocycles. The Morgan fingerprint density at radius 1 is 1.24 bits per heavy atom. The number of anilines is 2. The van der Waals surface area contributed by atoms with Crippen molar-refractivity contribution in [1.82, 2.24) is 20.3 Å². The van der Waals surface area contributed by atoms with E-state index in [1.807, 2.05) is 24.3 Å². The number of aromatic amines is 1. The van der Waals surface area contributed by atoms with Crippen LogP contribution in [-0.2, 0) is 12.8 Å². The predicted molar refractivity (Wildman–Crippen MR) is 97.9 cm³/mol. The Hall–Kier alpha value is -3.09. The normalized spacial score (nSPS) is 13.1. The van der Waals surface area contributed by atoms with Gasteiger partial charge in [-0.15, -0.1) is 0 Å². The van der Waals surface area contributed by atoms with E-state index >= 15 is 0 Å². The number of urea groups is 1. The van der Waals surface area contributed by atoms with Crippen LogP contribution in [-0.4, -0.2) is 34.1 Å². The molecular formula is C18H20N6O. The molecule has 0 fully saturated rings. The maximum Gasteiger partial charge on any atom is 0.319 e. The zero-order valence-corrected chi connectivity index (χ0v) is 13.8. The average Bonchev–Trinajstić information content (AvgIpc) is 3.09. The number of amides is 2. The van der Waals surface area contributed by atoms with Gasteiger partial charge in [0.2, 0.25) is 0 Å². The summed E-state index contributed by atoms with van der Waals surface area (Å²) in [6, 6.07) is 9.50. The molecule has 0 saturated heterocycles. The van der Waals surface area contributed by atoms with Crippen LogP contribution in [0.15, 0.2) is 36.7 Å². The number of H-pyrrole nitrogens is 1. The Morgan fingerprint density at radius 2 is 2.20 bits per heavy atom. The maximum absolute atomic E-state index is 12.0. The lowest BCUT2D eigenvalue weighted by Crippen LogP contribution is -2.30. The molecular weight excluding hydrogens is 316 g/mol. The Bertz CT molecular complexity index is 903. The number of carbonyl (C=O) groups is 1. The number of aromatic nitrogens is 3. The van der Waals surface area contributed by atoms with Gasteiger partial charge in [-0.2, -0.15) is 0 Å². The van der Waals surface area contributed by atoms with Crippen LogP contribution in [0, 0.1) is 0 Å². The van der Waals surface area contributed by atoms with Crippen molar-refractivity contribution in [3.63, 3.8) is 0 Å². The molecule has 7 heteroatoms. The van der Waals surface area contributed by atoms with Gasteiger partial charge in [-0.3, -0.25) is 0 Å². The van der Waals surface area contributed by atoms with Crippen molar-refractivity contribution < 1.29 is 4.79 Å². The van der Waals surface area contributed by atoms with Crippen LogP contribution in [0.3, 0.4) is 0 Å². The maximum atomic E-state index is 12.0. The van der Waals surface area contributed by atoms with Gasteiger partial charge in [0, 0.05) is 30.9 Å². The lowest BCUT2D eigenvalue weighted by molar-refractivity contribution is 0.252. The van der Waals surface area contributed by atoms with Gasteiger partial charge < -0.3 is 20.9 Å². The van der Waals surface area contributed by atoms with Crippen molar-refractivity contribution >= 4 is 28.6 Å². The van der Waals surface area contributed by atoms with Gasteiger partial charge in [-0.05, 0) is 42.7 Å². The summed E-state index contributed by atoms with van der Waals surface area (Å²) in [6.45, 7) is 1.51. The molecule has 2 amide bonds. The number of imidazole rings is 1. The van der Waals surface area contributed by atoms with E-state index in [2.05, 4.69) is 37.0 Å². The third-order valence-electron chi connectivity index (χ3n) is 4.30. The van der Waals surface area contributed by atoms with Crippen molar-refractivity contribution in [2.75, 3.05) is 23.7 Å². The fourth-order valence-corrected chi connectivity index (χ4v) is 3.00. The van der Waals surface area contributed by atoms with Crippen LogP contribution in [0.1, 0.15) is 17.7 Å². The van der Waals surface area contributed by atoms with E-state index in [1.54, 1.807) is 6.33 Å². The first-order valence-corrected chi connectivity index (χ1v) is 8.48. The molecule has 4 rings (SSSR count). The van der Waals surface area contributed by atoms with Gasteiger partial charge in [0.05, 0.1) is 17.4 Å². The summed E-state index contributed by atoms with van der Waals surface area (Å²) in [5.41, 5.74) is 4.74. The SMILES string of the molecule is O=C(NCCc1ccc2c(n1)NCCC2)Nc1ccc2nc[nH]c2c1. The van der Waals surface area contributed by atoms with Crippen molar-refractivity contribution in [1.29, 1.82) is 0 Å². The summed E-state index contributed by atoms with van der Waals surface area (Å²) in [7, 11) is 0. The molecule has 7 nitrogen and oxygen atoms in total. The van der Waals surface area contributed by atoms with Gasteiger partial charge in [-0.25, -0.2) is 14.8 Å². The van der Waals surface area contributed by atoms with Crippen molar-refractivity contribution in [2.45, 2.75) is 19.3 Å². The van der Waals surface area contributed by atoms with Crippen molar-refractivity contribution in [3.05, 3.63) is 47.9 Å². The molecule has 1 aromatic carbocycles. The molecule has 3 aromatic rings. The summed E-state index contributed by atoms with van der Waals surface area (Å²) in [5.74, 6) is 0.987. The summed E-state index contributed by atoms with van der Waals surface area (Å²) >= 11 is 0. The van der Waals surface area contributed by atoms with Crippen molar-refractivity contribution in [2.24, 2.45) is 0 Å². The Labute approximate surface area is 145 Å². The van der Waals surface area contributed by atoms with Crippen molar-refractivity contribution in [3.8, 4) is 0 Å². The smallest absolute Gasteiger partial charge is 0.319 e. The molecule has 0 aliphatic carbocycles. The quantitative estimate of drug-likeness (QED) is 0.589. The minimum absolute atomic E-state index is 0.227. The van der Waals surface area contributed by atoms with Crippen LogP contribution in [0.25, 0.3) is 11.0 Å². The number of pyridine rings is 1. The first-order valence-electron chi connectivity index (χ1n) is 8.48. The minimum atomic E-state index is -0.227. The van der Waals surface area contributed by atoms with E-state index in [0.717, 1.165) is 47.6 Å². The van der Waals surface area contributed by atoms with Crippen LogP contribution < -0.4 is 16.0 Å². The Balaban J connectivity index is 1.30. The summed E-state index contributed by atoms with van der Waals surface area (Å²) < 4.78 is 0. The molecule has 4 N–H and O–H groups in total. The molecule has 0 unspecified atom stereocenters. The summed E-state index contributed by atoms with van der Waals surface area (Å²) in [5, 5.41) is 9.02. The number of fused-ring (bicyclic) bond motifs is 2. The fraction of sp³-hybridized carbons (Fsp3) is 0.278. The van der Waals surface area contributed by atoms with Gasteiger partial charge in [0.25, 0.3) is 0 Å². The van der Waals surface area contributed by atoms with Crippen LogP contribution in [0.4, 0.5) is 16.3 Å². The lowest BCUT2D eigenvalue weighted by Gasteiger charge is -2.17. The number of aryl methyl sites for hydroxylation is 1. The molecule has 0 atom stereocenters. The minimum Gasteiger partial charge on any atom is -0.370 e. The molecule has 0 spiro atoms. The highest BCUT2D eigenvalue weighted by molar-refractivity contribution is 5.91. The van der Waals surface area contributed by atoms with Crippen LogP contribution >= 0.6 is 0 Å². The molecule has 0 saturated carbocycles. The second-order valence-corrected chi connectivity index (χ2v) is 6.11. The molecule has 1 aliphatic rings. The van der Waals surface area contributed by atoms with Gasteiger partial charge >= 0.3 is 6.03 Å². The number of nitrogens with one attached hydrogen (secondary N) is 4. The van der Waals surface area contributed by atoms with E-state index in [4.69, 9.17) is 0 Å². The highest BCUT2D eigenvalue weighted by Crippen LogP contribution is 2.19. The molecule has 25 heavy (non-hydrogen) atoms. The predicted octanol–water partition coefficient (Wildman–Crippen LogP) is 2.68. The number of carbonyl (C=O) groups excluding carboxylic acids is 1. The monoisotopic (exact) mass is 336 g/mol. The third-order valence-corrected chi connectivity index (χ3v) is 4.30. The second kappa shape index (κ2) is 6.80. The molecule has 128 valence electrons. The zero-order chi connectivity index (χ0) is 17.1. The van der Waals surface area contributed by atoms with Gasteiger partial charge in [0.15, 0.2) is 0 Å². The van der Waals surface area contributed by atoms with E-state index in [9.17, 15) is 4.79 Å². The molecule has 3 heterocycles. The zero-order valence-electron chi connectivity index (χ0n) is 13.8. The number of hydrogen-bond acceptors (Lipinski definition) is 4. The lowest BCUT2D eigenvalue weighted by atomic mass is 10.1. The highest BCUT2D eigenvalue weighted by Gasteiger charge is 2.10. The summed E-state index contributed by atoms with van der Waals surface area (Å²) in [4.78, 5) is 23.8. The Morgan fingerprint density at radius 3 is 3.16 bits per heavy atom. The van der Waals surface area contributed by atoms with Gasteiger partial charge in [0.1, 0.15) is 5.82 Å². The molecule has 0 bridgehead atoms. The highest BCUT2D eigenvalue weighted by atomic mass is 16.2. The van der Waals surface area contributed by atoms with E-state index in [1.165, 1.54) is 5.56 Å². The third kappa shape index (κ3) is 3.55. The molecule has 0 radical (unpaired) electrons. The second-order valence-electron chi connectivity index (χ2n) is 6.11. The van der Waals surface area contributed by atoms with E-state index in [-0.39, 0.29) is 6.03 Å². The summed E-state index contributed by atoms with van der Waals surface area (Å²) in [6.07, 6.45) is 4.56. The van der Waals surface area contributed by atoms with Crippen LogP contribution in [0.2, 0.25) is 0 Å². The number of hydrogen-bond donors (Lipinski definition) is 4. The first kappa shape index (κ1) is 15.4. The largest absolute Gasteiger partial charge is 0.370 e. The number of nitrogens with zero attached hydrogens (tertiary/aromatic N) is 2. The first-order chi connectivity index (χ1) is 12.3. The topological polar surface area (TPSA) is 94.7 Å². The van der Waals surface area contributed by atoms with Gasteiger partial charge in [-0.1, -0.05) is 6.07 Å². The standard InChI is InChI=1S/C18H20N6O/c25-18(24-14-5-6-15-16(10-14)22-11-21-15)20-9-7-13-4-3-12-2-1-8-19-17(12)23-13/h3-6,10-11H,1-2,7-9H2,(H,19,23)(H,21,22)(H2,20,24,25). The van der Waals surface area contributed by atoms with E-state index in [0.29, 0.717) is 13.0 Å². The van der Waals surface area contributed by atoms with Crippen LogP contribution in [0.5, 0.6) is 0 Å². The number of rotatable bonds is 4. The fourth-order valence-electron chi connectivity index (χ4n) is 3.00. The molecule has 1 aliphatic heterocycles. The number of benzene rings is 1. The van der Waals surface area contributed by atoms with E-state index < -0.39 is 0 Å². The Kier molecular flexibility index (Phi) is 4.20.